The minimum absolute atomic E-state index is 0.233. The van der Waals surface area contributed by atoms with E-state index < -0.39 is 35.8 Å². The van der Waals surface area contributed by atoms with Gasteiger partial charge in [-0.1, -0.05) is 42.5 Å². The van der Waals surface area contributed by atoms with Crippen LogP contribution in [0.5, 0.6) is 0 Å². The molecule has 2 aromatic rings. The van der Waals surface area contributed by atoms with Crippen molar-refractivity contribution in [2.24, 2.45) is 0 Å². The molecular weight excluding hydrogens is 416 g/mol. The zero-order valence-electron chi connectivity index (χ0n) is 17.4. The van der Waals surface area contributed by atoms with E-state index in [1.54, 1.807) is 24.3 Å². The molecule has 3 rings (SSSR count). The summed E-state index contributed by atoms with van der Waals surface area (Å²) in [4.78, 5) is 52.4. The number of hydrogen-bond acceptors (Lipinski definition) is 6. The number of amides is 3. The number of ether oxygens (including phenoxy) is 1. The predicted octanol–water partition coefficient (Wildman–Crippen LogP) is 2.30. The molecule has 8 heteroatoms. The second-order valence-electron chi connectivity index (χ2n) is 7.10. The Kier molecular flexibility index (Phi) is 7.46. The van der Waals surface area contributed by atoms with E-state index in [0.717, 1.165) is 10.5 Å². The molecule has 0 radical (unpaired) electrons. The summed E-state index contributed by atoms with van der Waals surface area (Å²) in [5, 5.41) is 2.70. The summed E-state index contributed by atoms with van der Waals surface area (Å²) < 4.78 is 4.86. The topological polar surface area (TPSA) is 92.8 Å². The molecule has 0 fully saturated rings. The highest BCUT2D eigenvalue weighted by molar-refractivity contribution is 7.98. The number of nitrogens with one attached hydrogen (secondary N) is 1. The van der Waals surface area contributed by atoms with Crippen molar-refractivity contribution in [3.05, 3.63) is 71.3 Å². The van der Waals surface area contributed by atoms with Crippen molar-refractivity contribution in [1.82, 2.24) is 10.2 Å². The highest BCUT2D eigenvalue weighted by Crippen LogP contribution is 2.26. The number of imide groups is 1. The van der Waals surface area contributed by atoms with Crippen LogP contribution in [-0.4, -0.2) is 59.8 Å². The van der Waals surface area contributed by atoms with Gasteiger partial charge in [-0.2, -0.15) is 11.8 Å². The average Bonchev–Trinajstić information content (AvgIpc) is 3.04. The summed E-state index contributed by atoms with van der Waals surface area (Å²) in [6.45, 7) is 0. The van der Waals surface area contributed by atoms with Gasteiger partial charge in [-0.05, 0) is 36.1 Å². The van der Waals surface area contributed by atoms with Gasteiger partial charge in [0, 0.05) is 6.42 Å². The van der Waals surface area contributed by atoms with Crippen LogP contribution in [0.3, 0.4) is 0 Å². The van der Waals surface area contributed by atoms with Crippen molar-refractivity contribution >= 4 is 35.5 Å². The fraction of sp³-hybridized carbons (Fsp3) is 0.304. The van der Waals surface area contributed by atoms with Gasteiger partial charge < -0.3 is 10.1 Å². The van der Waals surface area contributed by atoms with Crippen LogP contribution in [0.1, 0.15) is 32.7 Å². The lowest BCUT2D eigenvalue weighted by atomic mass is 10.0. The van der Waals surface area contributed by atoms with E-state index >= 15 is 0 Å². The van der Waals surface area contributed by atoms with Gasteiger partial charge in [-0.3, -0.25) is 19.3 Å². The third kappa shape index (κ3) is 4.96. The molecule has 0 bridgehead atoms. The van der Waals surface area contributed by atoms with E-state index in [0.29, 0.717) is 5.75 Å². The van der Waals surface area contributed by atoms with Gasteiger partial charge in [0.2, 0.25) is 5.91 Å². The second kappa shape index (κ2) is 10.3. The monoisotopic (exact) mass is 440 g/mol. The Hall–Kier alpha value is -3.13. The van der Waals surface area contributed by atoms with E-state index in [4.69, 9.17) is 4.74 Å². The summed E-state index contributed by atoms with van der Waals surface area (Å²) in [5.74, 6) is -1.59. The summed E-state index contributed by atoms with van der Waals surface area (Å²) in [7, 11) is 1.25. The highest BCUT2D eigenvalue weighted by Gasteiger charge is 2.43. The maximum absolute atomic E-state index is 13.2. The molecule has 0 spiro atoms. The van der Waals surface area contributed by atoms with Crippen LogP contribution in [0.2, 0.25) is 0 Å². The van der Waals surface area contributed by atoms with Crippen LogP contribution in [0.4, 0.5) is 0 Å². The largest absolute Gasteiger partial charge is 0.467 e. The summed E-state index contributed by atoms with van der Waals surface area (Å²) in [5.41, 5.74) is 1.41. The molecule has 2 atom stereocenters. The lowest BCUT2D eigenvalue weighted by Gasteiger charge is -2.27. The number of nitrogens with zero attached hydrogens (tertiary/aromatic N) is 1. The third-order valence-electron chi connectivity index (χ3n) is 5.12. The van der Waals surface area contributed by atoms with Crippen LogP contribution in [0.25, 0.3) is 0 Å². The molecule has 0 saturated heterocycles. The van der Waals surface area contributed by atoms with Gasteiger partial charge in [0.15, 0.2) is 0 Å². The molecule has 0 aromatic heterocycles. The fourth-order valence-corrected chi connectivity index (χ4v) is 4.01. The predicted molar refractivity (Wildman–Crippen MR) is 118 cm³/mol. The SMILES string of the molecule is COC(=O)[C@H](Cc1ccccc1)NC(=O)[C@H](CCSC)N1C(=O)c2ccccc2C1=O. The van der Waals surface area contributed by atoms with Crippen molar-refractivity contribution in [2.75, 3.05) is 19.1 Å². The number of esters is 1. The Balaban J connectivity index is 1.84. The van der Waals surface area contributed by atoms with Crippen LogP contribution >= 0.6 is 11.8 Å². The van der Waals surface area contributed by atoms with Crippen molar-refractivity contribution in [3.8, 4) is 0 Å². The quantitative estimate of drug-likeness (QED) is 0.475. The second-order valence-corrected chi connectivity index (χ2v) is 8.08. The zero-order chi connectivity index (χ0) is 22.4. The minimum atomic E-state index is -1.03. The van der Waals surface area contributed by atoms with Crippen molar-refractivity contribution in [3.63, 3.8) is 0 Å². The first-order valence-electron chi connectivity index (χ1n) is 9.86. The van der Waals surface area contributed by atoms with Gasteiger partial charge in [0.1, 0.15) is 12.1 Å². The van der Waals surface area contributed by atoms with Crippen molar-refractivity contribution < 1.29 is 23.9 Å². The molecule has 1 heterocycles. The van der Waals surface area contributed by atoms with Crippen molar-refractivity contribution in [1.29, 1.82) is 0 Å². The summed E-state index contributed by atoms with van der Waals surface area (Å²) >= 11 is 1.50. The van der Waals surface area contributed by atoms with Gasteiger partial charge in [0.05, 0.1) is 18.2 Å². The van der Waals surface area contributed by atoms with E-state index in [1.165, 1.54) is 18.9 Å². The Bertz CT molecular complexity index is 944. The first-order valence-corrected chi connectivity index (χ1v) is 11.2. The van der Waals surface area contributed by atoms with Crippen LogP contribution in [0.15, 0.2) is 54.6 Å². The molecule has 7 nitrogen and oxygen atoms in total. The van der Waals surface area contributed by atoms with E-state index in [-0.39, 0.29) is 24.0 Å². The Morgan fingerprint density at radius 2 is 1.58 bits per heavy atom. The molecule has 162 valence electrons. The number of fused-ring (bicyclic) bond motifs is 1. The maximum atomic E-state index is 13.2. The number of thioether (sulfide) groups is 1. The molecule has 0 unspecified atom stereocenters. The van der Waals surface area contributed by atoms with Crippen LogP contribution < -0.4 is 5.32 Å². The van der Waals surface area contributed by atoms with E-state index in [1.807, 2.05) is 36.6 Å². The first-order chi connectivity index (χ1) is 15.0. The smallest absolute Gasteiger partial charge is 0.328 e. The number of hydrogen-bond donors (Lipinski definition) is 1. The maximum Gasteiger partial charge on any atom is 0.328 e. The number of rotatable bonds is 9. The minimum Gasteiger partial charge on any atom is -0.467 e. The van der Waals surface area contributed by atoms with E-state index in [9.17, 15) is 19.2 Å². The van der Waals surface area contributed by atoms with Gasteiger partial charge in [0.25, 0.3) is 11.8 Å². The number of benzene rings is 2. The molecule has 1 N–H and O–H groups in total. The molecule has 0 aliphatic carbocycles. The van der Waals surface area contributed by atoms with Crippen molar-refractivity contribution in [2.45, 2.75) is 24.9 Å². The Morgan fingerprint density at radius 1 is 1.00 bits per heavy atom. The highest BCUT2D eigenvalue weighted by atomic mass is 32.2. The standard InChI is InChI=1S/C23H24N2O5S/c1-30-23(29)18(14-15-8-4-3-5-9-15)24-20(26)19(12-13-31-2)25-21(27)16-10-6-7-11-17(16)22(25)28/h3-11,18-19H,12-14H2,1-2H3,(H,24,26)/t18-,19-/m0/s1. The Morgan fingerprint density at radius 3 is 2.13 bits per heavy atom. The zero-order valence-corrected chi connectivity index (χ0v) is 18.2. The number of carbonyl (C=O) groups excluding carboxylic acids is 4. The molecule has 1 aliphatic rings. The molecule has 31 heavy (non-hydrogen) atoms. The number of carbonyl (C=O) groups is 4. The van der Waals surface area contributed by atoms with Gasteiger partial charge in [-0.15, -0.1) is 0 Å². The van der Waals surface area contributed by atoms with Crippen LogP contribution in [-0.2, 0) is 20.7 Å². The normalized spacial score (nSPS) is 14.7. The molecule has 0 saturated carbocycles. The summed E-state index contributed by atoms with van der Waals surface area (Å²) in [6.07, 6.45) is 2.39. The molecule has 1 aliphatic heterocycles. The lowest BCUT2D eigenvalue weighted by molar-refractivity contribution is -0.145. The van der Waals surface area contributed by atoms with Crippen LogP contribution in [0, 0.1) is 0 Å². The summed E-state index contributed by atoms with van der Waals surface area (Å²) in [6, 6.07) is 13.8. The van der Waals surface area contributed by atoms with E-state index in [2.05, 4.69) is 5.32 Å². The molecule has 3 amide bonds. The average molecular weight is 441 g/mol. The lowest BCUT2D eigenvalue weighted by Crippen LogP contribution is -2.54. The first kappa shape index (κ1) is 22.6. The number of methoxy groups -OCH3 is 1. The van der Waals surface area contributed by atoms with Gasteiger partial charge in [-0.25, -0.2) is 4.79 Å². The molecule has 2 aromatic carbocycles. The fourth-order valence-electron chi connectivity index (χ4n) is 3.55. The molecular formula is C23H24N2O5S. The van der Waals surface area contributed by atoms with Gasteiger partial charge >= 0.3 is 5.97 Å². The Labute approximate surface area is 185 Å². The third-order valence-corrected chi connectivity index (χ3v) is 5.76.